The van der Waals surface area contributed by atoms with Crippen LogP contribution in [-0.2, 0) is 19.5 Å². The van der Waals surface area contributed by atoms with E-state index >= 15 is 0 Å². The first kappa shape index (κ1) is 21.9. The van der Waals surface area contributed by atoms with Crippen molar-refractivity contribution < 1.29 is 18.3 Å². The Bertz CT molecular complexity index is 1120. The van der Waals surface area contributed by atoms with Crippen molar-refractivity contribution in [3.8, 4) is 5.75 Å². The summed E-state index contributed by atoms with van der Waals surface area (Å²) in [6.45, 7) is 4.05. The molecule has 1 aliphatic rings. The highest BCUT2D eigenvalue weighted by Gasteiger charge is 2.24. The molecule has 1 N–H and O–H groups in total. The molecule has 0 spiro atoms. The molecular formula is C23H25F2N5O2. The lowest BCUT2D eigenvalue weighted by Crippen LogP contribution is -2.30. The molecule has 1 aliphatic heterocycles. The number of halogens is 2. The van der Waals surface area contributed by atoms with Crippen LogP contribution in [0.4, 0.5) is 8.78 Å². The fraction of sp³-hybridized carbons (Fsp3) is 0.348. The Balaban J connectivity index is 1.43. The van der Waals surface area contributed by atoms with Gasteiger partial charge in [0.2, 0.25) is 0 Å². The summed E-state index contributed by atoms with van der Waals surface area (Å²) in [5.74, 6) is 0.213. The van der Waals surface area contributed by atoms with Gasteiger partial charge >= 0.3 is 0 Å². The van der Waals surface area contributed by atoms with E-state index in [1.165, 1.54) is 6.07 Å². The van der Waals surface area contributed by atoms with Crippen molar-refractivity contribution in [2.75, 3.05) is 20.2 Å². The molecule has 0 fully saturated rings. The quantitative estimate of drug-likeness (QED) is 0.637. The van der Waals surface area contributed by atoms with Crippen molar-refractivity contribution in [1.82, 2.24) is 25.0 Å². The maximum atomic E-state index is 14.1. The number of fused-ring (bicyclic) bond motifs is 1. The average molecular weight is 441 g/mol. The molecule has 2 aromatic carbocycles. The Hall–Kier alpha value is -3.33. The highest BCUT2D eigenvalue weighted by molar-refractivity contribution is 5.94. The van der Waals surface area contributed by atoms with Crippen molar-refractivity contribution in [1.29, 1.82) is 0 Å². The molecule has 2 heterocycles. The number of carbonyl (C=O) groups is 1. The first-order valence-corrected chi connectivity index (χ1v) is 10.5. The molecule has 7 nitrogen and oxygen atoms in total. The molecule has 168 valence electrons. The van der Waals surface area contributed by atoms with Crippen molar-refractivity contribution in [2.24, 2.45) is 0 Å². The van der Waals surface area contributed by atoms with Gasteiger partial charge in [0.15, 0.2) is 17.5 Å². The first-order chi connectivity index (χ1) is 15.5. The molecule has 4 rings (SSSR count). The van der Waals surface area contributed by atoms with Crippen LogP contribution in [-0.4, -0.2) is 45.8 Å². The monoisotopic (exact) mass is 441 g/mol. The minimum Gasteiger partial charge on any atom is -0.497 e. The van der Waals surface area contributed by atoms with E-state index in [9.17, 15) is 13.6 Å². The van der Waals surface area contributed by atoms with Crippen LogP contribution in [0.1, 0.15) is 40.5 Å². The number of methoxy groups -OCH3 is 1. The SMILES string of the molecule is COc1cccc(C(=O)N[C@H](C)c2nnc3n2CCN(Cc2cccc(F)c2F)CC3)c1. The number of nitrogens with one attached hydrogen (secondary N) is 1. The Morgan fingerprint density at radius 2 is 1.97 bits per heavy atom. The molecule has 0 saturated heterocycles. The first-order valence-electron chi connectivity index (χ1n) is 10.5. The summed E-state index contributed by atoms with van der Waals surface area (Å²) in [5.41, 5.74) is 0.830. The maximum absolute atomic E-state index is 14.1. The molecular weight excluding hydrogens is 416 g/mol. The van der Waals surface area contributed by atoms with Crippen molar-refractivity contribution >= 4 is 5.91 Å². The zero-order valence-corrected chi connectivity index (χ0v) is 18.0. The maximum Gasteiger partial charge on any atom is 0.251 e. The van der Waals surface area contributed by atoms with E-state index in [0.29, 0.717) is 55.3 Å². The van der Waals surface area contributed by atoms with Gasteiger partial charge in [-0.05, 0) is 31.2 Å². The van der Waals surface area contributed by atoms with Gasteiger partial charge < -0.3 is 14.6 Å². The predicted octanol–water partition coefficient (Wildman–Crippen LogP) is 3.11. The largest absolute Gasteiger partial charge is 0.497 e. The van der Waals surface area contributed by atoms with Gasteiger partial charge in [-0.25, -0.2) is 8.78 Å². The summed E-state index contributed by atoms with van der Waals surface area (Å²) in [5, 5.41) is 11.6. The van der Waals surface area contributed by atoms with Crippen LogP contribution in [0.15, 0.2) is 42.5 Å². The van der Waals surface area contributed by atoms with Gasteiger partial charge in [-0.3, -0.25) is 9.69 Å². The second-order valence-corrected chi connectivity index (χ2v) is 7.79. The molecule has 1 atom stereocenters. The van der Waals surface area contributed by atoms with Gasteiger partial charge in [0.1, 0.15) is 11.6 Å². The van der Waals surface area contributed by atoms with Gasteiger partial charge in [-0.1, -0.05) is 18.2 Å². The lowest BCUT2D eigenvalue weighted by molar-refractivity contribution is 0.0937. The highest BCUT2D eigenvalue weighted by Crippen LogP contribution is 2.19. The van der Waals surface area contributed by atoms with E-state index in [2.05, 4.69) is 20.4 Å². The van der Waals surface area contributed by atoms with Crippen LogP contribution in [0.25, 0.3) is 0 Å². The van der Waals surface area contributed by atoms with Crippen LogP contribution in [0, 0.1) is 11.6 Å². The molecule has 32 heavy (non-hydrogen) atoms. The Labute approximate surface area is 185 Å². The highest BCUT2D eigenvalue weighted by atomic mass is 19.2. The summed E-state index contributed by atoms with van der Waals surface area (Å²) < 4.78 is 34.8. The third-order valence-corrected chi connectivity index (χ3v) is 5.64. The van der Waals surface area contributed by atoms with Gasteiger partial charge in [-0.2, -0.15) is 0 Å². The Morgan fingerprint density at radius 3 is 2.78 bits per heavy atom. The molecule has 0 unspecified atom stereocenters. The minimum atomic E-state index is -0.836. The zero-order valence-electron chi connectivity index (χ0n) is 18.0. The molecule has 1 amide bonds. The second kappa shape index (κ2) is 9.44. The van der Waals surface area contributed by atoms with Crippen LogP contribution >= 0.6 is 0 Å². The fourth-order valence-corrected chi connectivity index (χ4v) is 3.89. The van der Waals surface area contributed by atoms with E-state index in [4.69, 9.17) is 4.74 Å². The summed E-state index contributed by atoms with van der Waals surface area (Å²) >= 11 is 0. The molecule has 9 heteroatoms. The fourth-order valence-electron chi connectivity index (χ4n) is 3.89. The number of aromatic nitrogens is 3. The van der Waals surface area contributed by atoms with Crippen molar-refractivity contribution in [2.45, 2.75) is 32.5 Å². The average Bonchev–Trinajstić information content (AvgIpc) is 3.11. The van der Waals surface area contributed by atoms with Crippen LogP contribution in [0.2, 0.25) is 0 Å². The predicted molar refractivity (Wildman–Crippen MR) is 114 cm³/mol. The summed E-state index contributed by atoms with van der Waals surface area (Å²) in [4.78, 5) is 14.7. The molecule has 0 bridgehead atoms. The number of hydrogen-bond acceptors (Lipinski definition) is 5. The number of rotatable bonds is 6. The molecule has 0 aliphatic carbocycles. The van der Waals surface area contributed by atoms with E-state index in [1.54, 1.807) is 37.4 Å². The lowest BCUT2D eigenvalue weighted by atomic mass is 10.2. The summed E-state index contributed by atoms with van der Waals surface area (Å²) in [6, 6.07) is 10.8. The topological polar surface area (TPSA) is 72.3 Å². The standard InChI is InChI=1S/C23H25F2N5O2/c1-15(26-23(31)16-5-3-7-18(13-16)32-2)22-28-27-20-9-10-29(11-12-30(20)22)14-17-6-4-8-19(24)21(17)25/h3-8,13,15H,9-12,14H2,1-2H3,(H,26,31)/t15-/m1/s1. The molecule has 0 saturated carbocycles. The smallest absolute Gasteiger partial charge is 0.251 e. The number of ether oxygens (including phenoxy) is 1. The third-order valence-electron chi connectivity index (χ3n) is 5.64. The lowest BCUT2D eigenvalue weighted by Gasteiger charge is -2.20. The van der Waals surface area contributed by atoms with Crippen LogP contribution in [0.5, 0.6) is 5.75 Å². The molecule has 1 aromatic heterocycles. The van der Waals surface area contributed by atoms with Crippen molar-refractivity contribution in [3.05, 3.63) is 76.9 Å². The second-order valence-electron chi connectivity index (χ2n) is 7.79. The van der Waals surface area contributed by atoms with Gasteiger partial charge in [0.05, 0.1) is 13.2 Å². The van der Waals surface area contributed by atoms with Gasteiger partial charge in [-0.15, -0.1) is 10.2 Å². The zero-order chi connectivity index (χ0) is 22.7. The van der Waals surface area contributed by atoms with Crippen LogP contribution < -0.4 is 10.1 Å². The summed E-state index contributed by atoms with van der Waals surface area (Å²) in [6.07, 6.45) is 0.625. The minimum absolute atomic E-state index is 0.231. The Morgan fingerprint density at radius 1 is 1.16 bits per heavy atom. The van der Waals surface area contributed by atoms with E-state index in [1.807, 2.05) is 11.5 Å². The van der Waals surface area contributed by atoms with E-state index < -0.39 is 11.6 Å². The number of nitrogens with zero attached hydrogens (tertiary/aromatic N) is 4. The van der Waals surface area contributed by atoms with E-state index in [-0.39, 0.29) is 11.9 Å². The van der Waals surface area contributed by atoms with E-state index in [0.717, 1.165) is 11.9 Å². The number of hydrogen-bond donors (Lipinski definition) is 1. The normalized spacial score (nSPS) is 15.0. The number of benzene rings is 2. The van der Waals surface area contributed by atoms with Gasteiger partial charge in [0.25, 0.3) is 5.91 Å². The van der Waals surface area contributed by atoms with Crippen molar-refractivity contribution in [3.63, 3.8) is 0 Å². The Kier molecular flexibility index (Phi) is 6.45. The molecule has 3 aromatic rings. The third kappa shape index (κ3) is 4.62. The molecule has 0 radical (unpaired) electrons. The van der Waals surface area contributed by atoms with Crippen LogP contribution in [0.3, 0.4) is 0 Å². The van der Waals surface area contributed by atoms with Gasteiger partial charge in [0, 0.05) is 43.7 Å². The number of amides is 1. The summed E-state index contributed by atoms with van der Waals surface area (Å²) in [7, 11) is 1.55. The number of carbonyl (C=O) groups excluding carboxylic acids is 1.